The lowest BCUT2D eigenvalue weighted by Crippen LogP contribution is -2.75. The third-order valence-corrected chi connectivity index (χ3v) is 19.6. The van der Waals surface area contributed by atoms with E-state index in [9.17, 15) is 0 Å². The minimum Gasteiger partial charge on any atom is -0.309 e. The van der Waals surface area contributed by atoms with Gasteiger partial charge in [-0.2, -0.15) is 0 Å². The summed E-state index contributed by atoms with van der Waals surface area (Å²) in [6.45, 7) is 0. The van der Waals surface area contributed by atoms with E-state index in [1.54, 1.807) is 0 Å². The second-order valence-electron chi connectivity index (χ2n) is 18.4. The molecule has 0 bridgehead atoms. The first-order valence-electron chi connectivity index (χ1n) is 24.2. The zero-order valence-electron chi connectivity index (χ0n) is 38.3. The highest BCUT2D eigenvalue weighted by atomic mass is 28.3. The molecule has 0 fully saturated rings. The van der Waals surface area contributed by atoms with Gasteiger partial charge in [-0.25, -0.2) is 0 Å². The van der Waals surface area contributed by atoms with Crippen molar-refractivity contribution >= 4 is 94.2 Å². The highest BCUT2D eigenvalue weighted by molar-refractivity contribution is 7.20. The Morgan fingerprint density at radius 1 is 0.243 bits per heavy atom. The molecule has 14 aromatic rings. The van der Waals surface area contributed by atoms with Crippen LogP contribution < -0.4 is 20.7 Å². The highest BCUT2D eigenvalue weighted by Crippen LogP contribution is 2.41. The number of hydrogen-bond acceptors (Lipinski definition) is 0. The molecule has 0 amide bonds. The lowest BCUT2D eigenvalue weighted by atomic mass is 10.1. The van der Waals surface area contributed by atoms with Crippen molar-refractivity contribution in [3.05, 3.63) is 273 Å². The molecule has 328 valence electrons. The molecule has 4 heteroatoms. The van der Waals surface area contributed by atoms with E-state index >= 15 is 0 Å². The molecule has 70 heavy (non-hydrogen) atoms. The quantitative estimate of drug-likeness (QED) is 0.107. The first-order chi connectivity index (χ1) is 34.8. The van der Waals surface area contributed by atoms with Crippen LogP contribution in [0.25, 0.3) is 93.6 Å². The van der Waals surface area contributed by atoms with Crippen molar-refractivity contribution in [3.63, 3.8) is 0 Å². The molecular weight excluding hydrogens is 863 g/mol. The van der Waals surface area contributed by atoms with Gasteiger partial charge >= 0.3 is 0 Å². The van der Waals surface area contributed by atoms with Crippen molar-refractivity contribution in [3.8, 4) is 28.2 Å². The van der Waals surface area contributed by atoms with E-state index < -0.39 is 8.07 Å². The first kappa shape index (κ1) is 40.1. The van der Waals surface area contributed by atoms with Gasteiger partial charge in [-0.3, -0.25) is 0 Å². The molecule has 0 aliphatic rings. The van der Waals surface area contributed by atoms with E-state index in [0.29, 0.717) is 0 Å². The summed E-state index contributed by atoms with van der Waals surface area (Å²) < 4.78 is 7.60. The molecule has 0 radical (unpaired) electrons. The van der Waals surface area contributed by atoms with Gasteiger partial charge in [-0.1, -0.05) is 224 Å². The van der Waals surface area contributed by atoms with Gasteiger partial charge in [-0.05, 0) is 80.4 Å². The van der Waals surface area contributed by atoms with Crippen LogP contribution in [0.2, 0.25) is 0 Å². The van der Waals surface area contributed by atoms with Crippen molar-refractivity contribution in [2.24, 2.45) is 0 Å². The Labute approximate surface area is 407 Å². The van der Waals surface area contributed by atoms with Gasteiger partial charge in [-0.15, -0.1) is 0 Å². The largest absolute Gasteiger partial charge is 0.309 e. The third-order valence-electron chi connectivity index (χ3n) is 14.8. The predicted octanol–water partition coefficient (Wildman–Crippen LogP) is 14.0. The Balaban J connectivity index is 1.15. The molecule has 0 aliphatic heterocycles. The van der Waals surface area contributed by atoms with Crippen LogP contribution in [0.1, 0.15) is 0 Å². The number of para-hydroxylation sites is 5. The summed E-state index contributed by atoms with van der Waals surface area (Å²) in [4.78, 5) is 0. The molecule has 0 N–H and O–H groups in total. The van der Waals surface area contributed by atoms with Crippen molar-refractivity contribution in [1.82, 2.24) is 13.7 Å². The maximum atomic E-state index is 2.63. The summed E-state index contributed by atoms with van der Waals surface area (Å²) in [6, 6.07) is 102. The predicted molar refractivity (Wildman–Crippen MR) is 299 cm³/mol. The maximum absolute atomic E-state index is 3.07. The average molecular weight is 908 g/mol. The summed E-state index contributed by atoms with van der Waals surface area (Å²) >= 11 is 0. The molecule has 0 saturated carbocycles. The number of hydrogen-bond donors (Lipinski definition) is 0. The summed E-state index contributed by atoms with van der Waals surface area (Å²) in [6.07, 6.45) is 0. The molecule has 14 rings (SSSR count). The van der Waals surface area contributed by atoms with Gasteiger partial charge in [0.15, 0.2) is 8.07 Å². The number of rotatable bonds is 8. The topological polar surface area (TPSA) is 14.8 Å². The molecule has 11 aromatic carbocycles. The zero-order valence-corrected chi connectivity index (χ0v) is 39.3. The van der Waals surface area contributed by atoms with Crippen molar-refractivity contribution in [1.29, 1.82) is 0 Å². The second-order valence-corrected chi connectivity index (χ2v) is 22.2. The van der Waals surface area contributed by atoms with Crippen LogP contribution in [0.15, 0.2) is 273 Å². The van der Waals surface area contributed by atoms with Crippen LogP contribution in [0.4, 0.5) is 0 Å². The smallest absolute Gasteiger partial charge is 0.181 e. The number of nitrogens with zero attached hydrogens (tertiary/aromatic N) is 3. The van der Waals surface area contributed by atoms with Crippen LogP contribution in [-0.4, -0.2) is 21.8 Å². The van der Waals surface area contributed by atoms with Crippen LogP contribution >= 0.6 is 0 Å². The van der Waals surface area contributed by atoms with Gasteiger partial charge in [0, 0.05) is 43.7 Å². The van der Waals surface area contributed by atoms with Gasteiger partial charge in [0.1, 0.15) is 0 Å². The van der Waals surface area contributed by atoms with Crippen LogP contribution in [0, 0.1) is 0 Å². The standard InChI is InChI=1S/C66H45N3Si/c1-5-21-46(22-6-1)47-39-41-48(42-40-47)67-59-34-16-13-31-55(59)56-44-43-49(45-63(56)67)68-65-57(32-19-37-62(65)69-60-35-17-14-29-53(60)54-30-15-18-36-61(54)69)58-33-20-38-64(66(58)68)70(50-23-7-2-8-24-50,51-25-9-3-10-26-51)52-27-11-4-12-28-52/h1-45H. The lowest BCUT2D eigenvalue weighted by molar-refractivity contribution is 1.13. The molecule has 3 heterocycles. The Morgan fingerprint density at radius 2 is 0.657 bits per heavy atom. The lowest BCUT2D eigenvalue weighted by Gasteiger charge is -2.35. The summed E-state index contributed by atoms with van der Waals surface area (Å²) in [5, 5.41) is 12.7. The highest BCUT2D eigenvalue weighted by Gasteiger charge is 2.43. The first-order valence-corrected chi connectivity index (χ1v) is 26.2. The molecular formula is C66H45N3Si. The zero-order chi connectivity index (χ0) is 46.2. The van der Waals surface area contributed by atoms with Gasteiger partial charge < -0.3 is 13.7 Å². The van der Waals surface area contributed by atoms with Crippen LogP contribution in [-0.2, 0) is 0 Å². The molecule has 0 unspecified atom stereocenters. The average Bonchev–Trinajstić information content (AvgIpc) is 4.08. The van der Waals surface area contributed by atoms with E-state index in [2.05, 4.69) is 287 Å². The molecule has 0 saturated heterocycles. The molecule has 3 aromatic heterocycles. The van der Waals surface area contributed by atoms with E-state index in [-0.39, 0.29) is 0 Å². The summed E-state index contributed by atoms with van der Waals surface area (Å²) in [7, 11) is -3.07. The fourth-order valence-corrected chi connectivity index (χ4v) is 16.8. The number of benzene rings is 11. The fraction of sp³-hybridized carbons (Fsp3) is 0. The van der Waals surface area contributed by atoms with Crippen molar-refractivity contribution in [2.75, 3.05) is 0 Å². The summed E-state index contributed by atoms with van der Waals surface area (Å²) in [5.41, 5.74) is 12.9. The minimum absolute atomic E-state index is 1.11. The monoisotopic (exact) mass is 907 g/mol. The van der Waals surface area contributed by atoms with Gasteiger partial charge in [0.25, 0.3) is 0 Å². The van der Waals surface area contributed by atoms with Crippen LogP contribution in [0.3, 0.4) is 0 Å². The molecule has 3 nitrogen and oxygen atoms in total. The second kappa shape index (κ2) is 16.1. The Bertz CT molecular complexity index is 4110. The molecule has 0 aliphatic carbocycles. The number of fused-ring (bicyclic) bond motifs is 9. The van der Waals surface area contributed by atoms with Crippen LogP contribution in [0.5, 0.6) is 0 Å². The van der Waals surface area contributed by atoms with E-state index in [1.165, 1.54) is 91.8 Å². The van der Waals surface area contributed by atoms with E-state index in [1.807, 2.05) is 0 Å². The SMILES string of the molecule is c1ccc(-c2ccc(-n3c4ccccc4c4ccc(-n5c6c(-n7c8ccccc8c8ccccc87)cccc6c6cccc([Si](c7ccccc7)(c7ccccc7)c7ccccc7)c65)cc43)cc2)cc1. The van der Waals surface area contributed by atoms with E-state index in [0.717, 1.165) is 22.6 Å². The van der Waals surface area contributed by atoms with Crippen molar-refractivity contribution in [2.45, 2.75) is 0 Å². The van der Waals surface area contributed by atoms with Crippen molar-refractivity contribution < 1.29 is 0 Å². The normalized spacial score (nSPS) is 12.0. The molecule has 0 spiro atoms. The molecule has 0 atom stereocenters. The Morgan fingerprint density at radius 3 is 1.21 bits per heavy atom. The van der Waals surface area contributed by atoms with Gasteiger partial charge in [0.2, 0.25) is 0 Å². The third kappa shape index (κ3) is 5.94. The fourth-order valence-electron chi connectivity index (χ4n) is 11.9. The van der Waals surface area contributed by atoms with E-state index in [4.69, 9.17) is 0 Å². The summed E-state index contributed by atoms with van der Waals surface area (Å²) in [5.74, 6) is 0. The van der Waals surface area contributed by atoms with Gasteiger partial charge in [0.05, 0.1) is 38.8 Å². The minimum atomic E-state index is -3.07. The number of aromatic nitrogens is 3. The Kier molecular flexibility index (Phi) is 9.23. The Hall–Kier alpha value is -8.96. The maximum Gasteiger partial charge on any atom is 0.181 e.